The van der Waals surface area contributed by atoms with Gasteiger partial charge in [0.1, 0.15) is 5.52 Å². The van der Waals surface area contributed by atoms with Crippen molar-refractivity contribution >= 4 is 17.1 Å². The van der Waals surface area contributed by atoms with Crippen LogP contribution in [0.25, 0.3) is 11.1 Å². The minimum atomic E-state index is 0.408. The Morgan fingerprint density at radius 2 is 2.18 bits per heavy atom. The van der Waals surface area contributed by atoms with Crippen molar-refractivity contribution in [2.75, 3.05) is 24.7 Å². The van der Waals surface area contributed by atoms with Crippen molar-refractivity contribution in [3.05, 3.63) is 24.3 Å². The van der Waals surface area contributed by atoms with Crippen molar-refractivity contribution in [3.63, 3.8) is 0 Å². The molecule has 0 saturated carbocycles. The van der Waals surface area contributed by atoms with E-state index in [1.165, 1.54) is 0 Å². The van der Waals surface area contributed by atoms with E-state index in [1.54, 1.807) is 0 Å². The maximum absolute atomic E-state index is 5.79. The average molecular weight is 232 g/mol. The molecule has 1 fully saturated rings. The third-order valence-electron chi connectivity index (χ3n) is 3.22. The van der Waals surface area contributed by atoms with Crippen molar-refractivity contribution in [1.29, 1.82) is 0 Å². The summed E-state index contributed by atoms with van der Waals surface area (Å²) in [5.41, 5.74) is 1.76. The zero-order valence-corrected chi connectivity index (χ0v) is 9.93. The molecular formula is C13H16N2O2. The van der Waals surface area contributed by atoms with Crippen LogP contribution in [0, 0.1) is 0 Å². The van der Waals surface area contributed by atoms with Gasteiger partial charge in [-0.1, -0.05) is 12.1 Å². The monoisotopic (exact) mass is 232 g/mol. The molecule has 1 aromatic heterocycles. The van der Waals surface area contributed by atoms with Gasteiger partial charge in [0.15, 0.2) is 5.58 Å². The van der Waals surface area contributed by atoms with Crippen LogP contribution >= 0.6 is 0 Å². The summed E-state index contributed by atoms with van der Waals surface area (Å²) in [6.07, 6.45) is 1.01. The quantitative estimate of drug-likeness (QED) is 0.757. The fourth-order valence-electron chi connectivity index (χ4n) is 2.16. The van der Waals surface area contributed by atoms with E-state index < -0.39 is 0 Å². The van der Waals surface area contributed by atoms with Crippen LogP contribution in [0.3, 0.4) is 0 Å². The molecule has 0 bridgehead atoms. The largest absolute Gasteiger partial charge is 0.423 e. The van der Waals surface area contributed by atoms with Crippen LogP contribution in [-0.4, -0.2) is 30.8 Å². The van der Waals surface area contributed by atoms with Gasteiger partial charge in [-0.15, -0.1) is 0 Å². The third-order valence-corrected chi connectivity index (χ3v) is 3.22. The van der Waals surface area contributed by atoms with Gasteiger partial charge in [-0.3, -0.25) is 0 Å². The maximum atomic E-state index is 5.79. The minimum Gasteiger partial charge on any atom is -0.423 e. The van der Waals surface area contributed by atoms with Crippen LogP contribution in [0.2, 0.25) is 0 Å². The van der Waals surface area contributed by atoms with Gasteiger partial charge in [0, 0.05) is 19.2 Å². The molecule has 1 unspecified atom stereocenters. The fourth-order valence-corrected chi connectivity index (χ4v) is 2.16. The molecule has 4 heteroatoms. The highest BCUT2D eigenvalue weighted by molar-refractivity contribution is 5.74. The second-order valence-corrected chi connectivity index (χ2v) is 4.41. The molecule has 3 rings (SSSR count). The Balaban J connectivity index is 1.95. The molecule has 2 aromatic rings. The highest BCUT2D eigenvalue weighted by Crippen LogP contribution is 2.24. The Bertz CT molecular complexity index is 476. The molecule has 1 aliphatic rings. The van der Waals surface area contributed by atoms with Gasteiger partial charge in [0.25, 0.3) is 6.01 Å². The predicted octanol–water partition coefficient (Wildman–Crippen LogP) is 2.44. The van der Waals surface area contributed by atoms with E-state index >= 15 is 0 Å². The number of nitrogens with zero attached hydrogens (tertiary/aromatic N) is 2. The molecule has 0 aliphatic carbocycles. The van der Waals surface area contributed by atoms with E-state index in [2.05, 4.69) is 16.8 Å². The van der Waals surface area contributed by atoms with Crippen LogP contribution < -0.4 is 4.90 Å². The molecule has 0 N–H and O–H groups in total. The van der Waals surface area contributed by atoms with Crippen molar-refractivity contribution in [2.45, 2.75) is 19.4 Å². The number of hydrogen-bond acceptors (Lipinski definition) is 4. The van der Waals surface area contributed by atoms with Crippen LogP contribution in [0.5, 0.6) is 0 Å². The van der Waals surface area contributed by atoms with Gasteiger partial charge in [-0.25, -0.2) is 0 Å². The van der Waals surface area contributed by atoms with Crippen molar-refractivity contribution < 1.29 is 9.15 Å². The lowest BCUT2D eigenvalue weighted by Crippen LogP contribution is -2.33. The number of para-hydroxylation sites is 2. The van der Waals surface area contributed by atoms with Crippen molar-refractivity contribution in [2.24, 2.45) is 0 Å². The van der Waals surface area contributed by atoms with Crippen molar-refractivity contribution in [3.8, 4) is 0 Å². The number of anilines is 1. The van der Waals surface area contributed by atoms with Crippen LogP contribution in [0.1, 0.15) is 13.3 Å². The highest BCUT2D eigenvalue weighted by atomic mass is 16.5. The Labute approximate surface area is 100 Å². The van der Waals surface area contributed by atoms with E-state index in [0.29, 0.717) is 12.1 Å². The van der Waals surface area contributed by atoms with Gasteiger partial charge in [0.05, 0.1) is 6.61 Å². The molecule has 0 spiro atoms. The Kier molecular flexibility index (Phi) is 2.73. The maximum Gasteiger partial charge on any atom is 0.298 e. The van der Waals surface area contributed by atoms with Gasteiger partial charge < -0.3 is 14.1 Å². The topological polar surface area (TPSA) is 38.5 Å². The summed E-state index contributed by atoms with van der Waals surface area (Å²) in [5, 5.41) is 0. The van der Waals surface area contributed by atoms with Crippen LogP contribution in [0.4, 0.5) is 6.01 Å². The summed E-state index contributed by atoms with van der Waals surface area (Å²) in [6.45, 7) is 4.58. The Morgan fingerprint density at radius 3 is 3.06 bits per heavy atom. The first-order valence-electron chi connectivity index (χ1n) is 6.04. The average Bonchev–Trinajstić information content (AvgIpc) is 2.65. The molecule has 1 aromatic carbocycles. The Morgan fingerprint density at radius 1 is 1.29 bits per heavy atom. The van der Waals surface area contributed by atoms with E-state index in [4.69, 9.17) is 9.15 Å². The van der Waals surface area contributed by atoms with Gasteiger partial charge in [0.2, 0.25) is 0 Å². The number of hydrogen-bond donors (Lipinski definition) is 0. The summed E-state index contributed by atoms with van der Waals surface area (Å²) >= 11 is 0. The SMILES string of the molecule is CC1CCOCCN1c1nc2ccccc2o1. The molecule has 0 amide bonds. The second kappa shape index (κ2) is 4.37. The first-order chi connectivity index (χ1) is 8.34. The lowest BCUT2D eigenvalue weighted by molar-refractivity contribution is 0.150. The molecule has 1 saturated heterocycles. The van der Waals surface area contributed by atoms with Gasteiger partial charge in [-0.05, 0) is 25.5 Å². The lowest BCUT2D eigenvalue weighted by atomic mass is 10.2. The molecule has 4 nitrogen and oxygen atoms in total. The van der Waals surface area contributed by atoms with Crippen molar-refractivity contribution in [1.82, 2.24) is 4.98 Å². The highest BCUT2D eigenvalue weighted by Gasteiger charge is 2.21. The Hall–Kier alpha value is -1.55. The third kappa shape index (κ3) is 2.00. The standard InChI is InChI=1S/C13H16N2O2/c1-10-6-8-16-9-7-15(10)13-14-11-4-2-3-5-12(11)17-13/h2-5,10H,6-9H2,1H3. The number of benzene rings is 1. The summed E-state index contributed by atoms with van der Waals surface area (Å²) in [4.78, 5) is 6.72. The lowest BCUT2D eigenvalue weighted by Gasteiger charge is -2.23. The number of oxazole rings is 1. The van der Waals surface area contributed by atoms with Crippen LogP contribution in [0.15, 0.2) is 28.7 Å². The molecule has 1 aliphatic heterocycles. The predicted molar refractivity (Wildman–Crippen MR) is 66.3 cm³/mol. The first-order valence-corrected chi connectivity index (χ1v) is 6.04. The van der Waals surface area contributed by atoms with Gasteiger partial charge >= 0.3 is 0 Å². The van der Waals surface area contributed by atoms with Gasteiger partial charge in [-0.2, -0.15) is 4.98 Å². The van der Waals surface area contributed by atoms with E-state index in [-0.39, 0.29) is 0 Å². The summed E-state index contributed by atoms with van der Waals surface area (Å²) in [7, 11) is 0. The first kappa shape index (κ1) is 10.6. The zero-order chi connectivity index (χ0) is 11.7. The summed E-state index contributed by atoms with van der Waals surface area (Å²) in [6, 6.07) is 8.98. The van der Waals surface area contributed by atoms with E-state index in [9.17, 15) is 0 Å². The molecule has 0 radical (unpaired) electrons. The fraction of sp³-hybridized carbons (Fsp3) is 0.462. The molecule has 17 heavy (non-hydrogen) atoms. The molecule has 2 heterocycles. The van der Waals surface area contributed by atoms with E-state index in [1.807, 2.05) is 24.3 Å². The number of aromatic nitrogens is 1. The second-order valence-electron chi connectivity index (χ2n) is 4.41. The smallest absolute Gasteiger partial charge is 0.298 e. The molecule has 1 atom stereocenters. The number of ether oxygens (including phenoxy) is 1. The summed E-state index contributed by atoms with van der Waals surface area (Å²) in [5.74, 6) is 0. The molecule has 90 valence electrons. The zero-order valence-electron chi connectivity index (χ0n) is 9.93. The number of rotatable bonds is 1. The normalized spacial score (nSPS) is 21.7. The van der Waals surface area contributed by atoms with Crippen LogP contribution in [-0.2, 0) is 4.74 Å². The number of fused-ring (bicyclic) bond motifs is 1. The summed E-state index contributed by atoms with van der Waals surface area (Å²) < 4.78 is 11.3. The minimum absolute atomic E-state index is 0.408. The van der Waals surface area contributed by atoms with E-state index in [0.717, 1.165) is 37.3 Å². The molecular weight excluding hydrogens is 216 g/mol.